The molecule has 0 N–H and O–H groups in total. The maximum absolute atomic E-state index is 5.86. The van der Waals surface area contributed by atoms with Gasteiger partial charge in [0.05, 0.1) is 5.38 Å². The first-order valence-corrected chi connectivity index (χ1v) is 4.16. The van der Waals surface area contributed by atoms with Gasteiger partial charge in [-0.05, 0) is 12.8 Å². The predicted molar refractivity (Wildman–Crippen MR) is 40.3 cm³/mol. The molecule has 46 valence electrons. The van der Waals surface area contributed by atoms with Crippen LogP contribution in [0.2, 0.25) is 0 Å². The number of hydrogen-bond donors (Lipinski definition) is 0. The lowest BCUT2D eigenvalue weighted by Crippen LogP contribution is -2.08. The summed E-state index contributed by atoms with van der Waals surface area (Å²) in [6.45, 7) is 0. The van der Waals surface area contributed by atoms with Crippen molar-refractivity contribution in [2.75, 3.05) is 0 Å². The summed E-state index contributed by atoms with van der Waals surface area (Å²) < 4.78 is 0. The van der Waals surface area contributed by atoms with Crippen LogP contribution in [-0.4, -0.2) is 5.38 Å². The zero-order valence-corrected chi connectivity index (χ0v) is 7.00. The van der Waals surface area contributed by atoms with E-state index < -0.39 is 0 Å². The molecular formula is C6H9BrCl+. The summed E-state index contributed by atoms with van der Waals surface area (Å²) in [6, 6.07) is 0. The largest absolute Gasteiger partial charge is 0.198 e. The highest BCUT2D eigenvalue weighted by atomic mass is 79.9. The van der Waals surface area contributed by atoms with E-state index in [2.05, 4.69) is 15.9 Å². The summed E-state index contributed by atoms with van der Waals surface area (Å²) in [6.07, 6.45) is 4.75. The summed E-state index contributed by atoms with van der Waals surface area (Å²) >= 11 is 9.32. The van der Waals surface area contributed by atoms with Gasteiger partial charge >= 0.3 is 0 Å². The van der Waals surface area contributed by atoms with Crippen molar-refractivity contribution in [3.05, 3.63) is 4.83 Å². The SMILES string of the molecule is ClC1CCC[C+](Br)C1. The van der Waals surface area contributed by atoms with E-state index in [9.17, 15) is 0 Å². The molecule has 0 spiro atoms. The van der Waals surface area contributed by atoms with Crippen LogP contribution in [0.25, 0.3) is 0 Å². The van der Waals surface area contributed by atoms with Gasteiger partial charge in [0.15, 0.2) is 20.8 Å². The molecule has 1 fully saturated rings. The minimum Gasteiger partial charge on any atom is -0.118 e. The molecule has 1 unspecified atom stereocenters. The Kier molecular flexibility index (Phi) is 2.51. The van der Waals surface area contributed by atoms with E-state index in [4.69, 9.17) is 11.6 Å². The normalized spacial score (nSPS) is 30.8. The van der Waals surface area contributed by atoms with Crippen molar-refractivity contribution >= 4 is 27.5 Å². The van der Waals surface area contributed by atoms with Gasteiger partial charge in [-0.15, -0.1) is 11.6 Å². The molecule has 2 heteroatoms. The van der Waals surface area contributed by atoms with E-state index >= 15 is 0 Å². The van der Waals surface area contributed by atoms with Gasteiger partial charge in [-0.2, -0.15) is 0 Å². The molecule has 1 atom stereocenters. The highest BCUT2D eigenvalue weighted by Gasteiger charge is 2.26. The van der Waals surface area contributed by atoms with Crippen LogP contribution < -0.4 is 0 Å². The van der Waals surface area contributed by atoms with E-state index in [1.807, 2.05) is 0 Å². The van der Waals surface area contributed by atoms with Crippen LogP contribution in [-0.2, 0) is 0 Å². The van der Waals surface area contributed by atoms with E-state index in [-0.39, 0.29) is 0 Å². The van der Waals surface area contributed by atoms with E-state index in [1.54, 1.807) is 0 Å². The first kappa shape index (κ1) is 6.76. The maximum atomic E-state index is 5.86. The molecule has 0 aliphatic heterocycles. The van der Waals surface area contributed by atoms with Crippen LogP contribution >= 0.6 is 27.5 Å². The van der Waals surface area contributed by atoms with Gasteiger partial charge in [0.25, 0.3) is 0 Å². The van der Waals surface area contributed by atoms with Crippen molar-refractivity contribution in [2.45, 2.75) is 31.1 Å². The second-order valence-electron chi connectivity index (χ2n) is 2.21. The van der Waals surface area contributed by atoms with E-state index in [0.717, 1.165) is 6.42 Å². The van der Waals surface area contributed by atoms with Gasteiger partial charge in [-0.25, -0.2) is 0 Å². The molecule has 0 saturated heterocycles. The Labute approximate surface area is 63.7 Å². The first-order valence-electron chi connectivity index (χ1n) is 2.93. The average Bonchev–Trinajstić information content (AvgIpc) is 1.64. The lowest BCUT2D eigenvalue weighted by atomic mass is 10.0. The fourth-order valence-corrected chi connectivity index (χ4v) is 2.16. The molecule has 0 aromatic heterocycles. The standard InChI is InChI=1S/C6H9BrCl/c7-5-2-1-3-6(8)4-5/h6H,1-4H2/q+1. The molecular weight excluding hydrogens is 187 g/mol. The van der Waals surface area contributed by atoms with Crippen molar-refractivity contribution < 1.29 is 0 Å². The van der Waals surface area contributed by atoms with Gasteiger partial charge in [0.2, 0.25) is 0 Å². The van der Waals surface area contributed by atoms with Crippen molar-refractivity contribution in [3.8, 4) is 0 Å². The molecule has 0 aromatic carbocycles. The van der Waals surface area contributed by atoms with Gasteiger partial charge < -0.3 is 0 Å². The Balaban J connectivity index is 2.23. The summed E-state index contributed by atoms with van der Waals surface area (Å²) in [4.78, 5) is 1.39. The minimum absolute atomic E-state index is 0.401. The summed E-state index contributed by atoms with van der Waals surface area (Å²) in [5.74, 6) is 0. The molecule has 0 amide bonds. The zero-order chi connectivity index (χ0) is 5.98. The molecule has 1 saturated carbocycles. The van der Waals surface area contributed by atoms with Crippen LogP contribution in [0.5, 0.6) is 0 Å². The van der Waals surface area contributed by atoms with Gasteiger partial charge in [0, 0.05) is 0 Å². The third-order valence-corrected chi connectivity index (χ3v) is 2.50. The number of hydrogen-bond acceptors (Lipinski definition) is 0. The predicted octanol–water partition coefficient (Wildman–Crippen LogP) is 3.09. The number of halogens is 2. The molecule has 8 heavy (non-hydrogen) atoms. The lowest BCUT2D eigenvalue weighted by molar-refractivity contribution is 0.590. The Hall–Kier alpha value is 0.640. The van der Waals surface area contributed by atoms with Crippen molar-refractivity contribution in [1.29, 1.82) is 0 Å². The monoisotopic (exact) mass is 195 g/mol. The van der Waals surface area contributed by atoms with Gasteiger partial charge in [0.1, 0.15) is 12.8 Å². The quantitative estimate of drug-likeness (QED) is 0.413. The summed E-state index contributed by atoms with van der Waals surface area (Å²) in [7, 11) is 0. The summed E-state index contributed by atoms with van der Waals surface area (Å²) in [5.41, 5.74) is 0. The number of alkyl halides is 1. The molecule has 0 radical (unpaired) electrons. The Morgan fingerprint density at radius 1 is 1.62 bits per heavy atom. The molecule has 0 nitrogen and oxygen atoms in total. The average molecular weight is 196 g/mol. The fourth-order valence-electron chi connectivity index (χ4n) is 0.960. The minimum atomic E-state index is 0.401. The topological polar surface area (TPSA) is 0 Å². The van der Waals surface area contributed by atoms with Crippen LogP contribution in [0.3, 0.4) is 0 Å². The van der Waals surface area contributed by atoms with Crippen molar-refractivity contribution in [1.82, 2.24) is 0 Å². The molecule has 1 aliphatic carbocycles. The second kappa shape index (κ2) is 2.98. The molecule has 0 aromatic rings. The van der Waals surface area contributed by atoms with E-state index in [1.165, 1.54) is 24.1 Å². The summed E-state index contributed by atoms with van der Waals surface area (Å²) in [5, 5.41) is 0.401. The van der Waals surface area contributed by atoms with Gasteiger partial charge in [-0.1, -0.05) is 0 Å². The van der Waals surface area contributed by atoms with Crippen LogP contribution in [0.1, 0.15) is 25.7 Å². The van der Waals surface area contributed by atoms with Crippen molar-refractivity contribution in [2.24, 2.45) is 0 Å². The Morgan fingerprint density at radius 2 is 2.38 bits per heavy atom. The van der Waals surface area contributed by atoms with Gasteiger partial charge in [-0.3, -0.25) is 0 Å². The van der Waals surface area contributed by atoms with Crippen LogP contribution in [0.15, 0.2) is 0 Å². The Morgan fingerprint density at radius 3 is 2.75 bits per heavy atom. The molecule has 0 heterocycles. The smallest absolute Gasteiger partial charge is 0.118 e. The van der Waals surface area contributed by atoms with Crippen LogP contribution in [0, 0.1) is 4.83 Å². The number of rotatable bonds is 0. The van der Waals surface area contributed by atoms with Crippen LogP contribution in [0.4, 0.5) is 0 Å². The molecule has 1 aliphatic rings. The zero-order valence-electron chi connectivity index (χ0n) is 4.66. The third kappa shape index (κ3) is 1.87. The highest BCUT2D eigenvalue weighted by Crippen LogP contribution is 2.33. The molecule has 0 bridgehead atoms. The Bertz CT molecular complexity index is 66.9. The second-order valence-corrected chi connectivity index (χ2v) is 3.95. The molecule has 1 rings (SSSR count). The van der Waals surface area contributed by atoms with E-state index in [0.29, 0.717) is 5.38 Å². The first-order chi connectivity index (χ1) is 3.79. The fraction of sp³-hybridized carbons (Fsp3) is 0.833. The van der Waals surface area contributed by atoms with Crippen molar-refractivity contribution in [3.63, 3.8) is 0 Å². The third-order valence-electron chi connectivity index (χ3n) is 1.41. The maximum Gasteiger partial charge on any atom is 0.198 e. The lowest BCUT2D eigenvalue weighted by Gasteiger charge is -2.10. The highest BCUT2D eigenvalue weighted by molar-refractivity contribution is 9.11.